The van der Waals surface area contributed by atoms with Crippen LogP contribution in [0.25, 0.3) is 0 Å². The molecule has 2 aromatic rings. The molecule has 4 fully saturated rings. The summed E-state index contributed by atoms with van der Waals surface area (Å²) < 4.78 is 5.98. The lowest BCUT2D eigenvalue weighted by molar-refractivity contribution is -0.0142. The molecule has 4 aliphatic rings. The van der Waals surface area contributed by atoms with E-state index in [0.717, 1.165) is 42.0 Å². The molecule has 4 aliphatic carbocycles. The number of aryl methyl sites for hydroxylation is 1. The summed E-state index contributed by atoms with van der Waals surface area (Å²) in [6, 6.07) is 17.9. The van der Waals surface area contributed by atoms with Crippen LogP contribution in [0.1, 0.15) is 48.8 Å². The predicted molar refractivity (Wildman–Crippen MR) is 110 cm³/mol. The van der Waals surface area contributed by atoms with Crippen LogP contribution in [0, 0.1) is 30.6 Å². The van der Waals surface area contributed by atoms with E-state index in [9.17, 15) is 0 Å². The Morgan fingerprint density at radius 2 is 1.52 bits per heavy atom. The van der Waals surface area contributed by atoms with Gasteiger partial charge in [-0.3, -0.25) is 0 Å². The molecule has 0 amide bonds. The normalized spacial score (nSPS) is 31.2. The van der Waals surface area contributed by atoms with Crippen LogP contribution in [-0.4, -0.2) is 6.04 Å². The Morgan fingerprint density at radius 3 is 2.19 bits per heavy atom. The lowest BCUT2D eigenvalue weighted by atomic mass is 9.54. The summed E-state index contributed by atoms with van der Waals surface area (Å²) in [5.74, 6) is 4.94. The monoisotopic (exact) mass is 361 g/mol. The Labute approximate surface area is 163 Å². The molecule has 2 heteroatoms. The second-order valence-electron chi connectivity index (χ2n) is 9.20. The van der Waals surface area contributed by atoms with Gasteiger partial charge in [0.15, 0.2) is 0 Å². The highest BCUT2D eigenvalue weighted by atomic mass is 16.5. The number of benzene rings is 2. The molecule has 6 rings (SSSR count). The number of hydrogen-bond acceptors (Lipinski definition) is 2. The van der Waals surface area contributed by atoms with E-state index in [1.54, 1.807) is 0 Å². The fourth-order valence-electron chi connectivity index (χ4n) is 6.13. The second kappa shape index (κ2) is 7.31. The summed E-state index contributed by atoms with van der Waals surface area (Å²) in [5.41, 5.74) is 3.91. The molecular formula is C25H31NO. The van der Waals surface area contributed by atoms with Gasteiger partial charge in [-0.05, 0) is 91.5 Å². The van der Waals surface area contributed by atoms with Gasteiger partial charge in [-0.25, -0.2) is 0 Å². The maximum absolute atomic E-state index is 5.98. The van der Waals surface area contributed by atoms with Crippen LogP contribution >= 0.6 is 0 Å². The van der Waals surface area contributed by atoms with Gasteiger partial charge in [-0.2, -0.15) is 0 Å². The Kier molecular flexibility index (Phi) is 4.69. The first-order valence-electron chi connectivity index (χ1n) is 10.7. The van der Waals surface area contributed by atoms with Crippen molar-refractivity contribution in [3.8, 4) is 5.75 Å². The topological polar surface area (TPSA) is 21.3 Å². The molecular weight excluding hydrogens is 330 g/mol. The minimum absolute atomic E-state index is 0.637. The van der Waals surface area contributed by atoms with Gasteiger partial charge in [-0.15, -0.1) is 0 Å². The lowest BCUT2D eigenvalue weighted by Crippen LogP contribution is -2.54. The van der Waals surface area contributed by atoms with Crippen molar-refractivity contribution in [3.63, 3.8) is 0 Å². The maximum Gasteiger partial charge on any atom is 0.119 e. The molecule has 0 aromatic heterocycles. The van der Waals surface area contributed by atoms with Gasteiger partial charge in [0, 0.05) is 12.6 Å². The third-order valence-corrected chi connectivity index (χ3v) is 7.35. The average molecular weight is 362 g/mol. The number of ether oxygens (including phenoxy) is 1. The first kappa shape index (κ1) is 17.3. The van der Waals surface area contributed by atoms with Crippen LogP contribution in [0.5, 0.6) is 5.75 Å². The largest absolute Gasteiger partial charge is 0.489 e. The van der Waals surface area contributed by atoms with Crippen molar-refractivity contribution in [2.75, 3.05) is 0 Å². The molecule has 0 atom stereocenters. The lowest BCUT2D eigenvalue weighted by Gasteiger charge is -2.54. The third-order valence-electron chi connectivity index (χ3n) is 7.35. The number of hydrogen-bond donors (Lipinski definition) is 1. The molecule has 0 aliphatic heterocycles. The Morgan fingerprint density at radius 1 is 0.852 bits per heavy atom. The smallest absolute Gasteiger partial charge is 0.119 e. The quantitative estimate of drug-likeness (QED) is 0.735. The SMILES string of the molecule is Cc1ccccc1COc1ccc(CNC2C3CC4CC(C3)CC2C4)cc1. The highest BCUT2D eigenvalue weighted by molar-refractivity contribution is 5.29. The van der Waals surface area contributed by atoms with Crippen LogP contribution in [0.2, 0.25) is 0 Å². The van der Waals surface area contributed by atoms with Crippen molar-refractivity contribution in [3.05, 3.63) is 65.2 Å². The van der Waals surface area contributed by atoms with E-state index >= 15 is 0 Å². The predicted octanol–water partition coefficient (Wildman–Crippen LogP) is 5.49. The zero-order valence-corrected chi connectivity index (χ0v) is 16.4. The fraction of sp³-hybridized carbons (Fsp3) is 0.520. The minimum Gasteiger partial charge on any atom is -0.489 e. The highest BCUT2D eigenvalue weighted by Gasteiger charge is 2.47. The van der Waals surface area contributed by atoms with Crippen molar-refractivity contribution < 1.29 is 4.74 Å². The summed E-state index contributed by atoms with van der Waals surface area (Å²) in [4.78, 5) is 0. The average Bonchev–Trinajstić information content (AvgIpc) is 2.67. The summed E-state index contributed by atoms with van der Waals surface area (Å²) in [6.45, 7) is 3.76. The molecule has 142 valence electrons. The van der Waals surface area contributed by atoms with Crippen molar-refractivity contribution in [1.82, 2.24) is 5.32 Å². The summed E-state index contributed by atoms with van der Waals surface area (Å²) in [7, 11) is 0. The Bertz CT molecular complexity index is 753. The van der Waals surface area contributed by atoms with E-state index in [1.807, 2.05) is 0 Å². The van der Waals surface area contributed by atoms with Crippen molar-refractivity contribution in [1.29, 1.82) is 0 Å². The van der Waals surface area contributed by atoms with Crippen LogP contribution in [-0.2, 0) is 13.2 Å². The molecule has 0 saturated heterocycles. The second-order valence-corrected chi connectivity index (χ2v) is 9.20. The molecule has 0 spiro atoms. The van der Waals surface area contributed by atoms with Crippen LogP contribution in [0.3, 0.4) is 0 Å². The van der Waals surface area contributed by atoms with Gasteiger partial charge in [-0.1, -0.05) is 36.4 Å². The van der Waals surface area contributed by atoms with Gasteiger partial charge >= 0.3 is 0 Å². The molecule has 0 radical (unpaired) electrons. The Balaban J connectivity index is 1.15. The zero-order valence-electron chi connectivity index (χ0n) is 16.4. The minimum atomic E-state index is 0.637. The number of rotatable bonds is 6. The van der Waals surface area contributed by atoms with Gasteiger partial charge in [0.05, 0.1) is 0 Å². The van der Waals surface area contributed by atoms with Gasteiger partial charge in [0.25, 0.3) is 0 Å². The van der Waals surface area contributed by atoms with Crippen LogP contribution in [0.4, 0.5) is 0 Å². The molecule has 4 saturated carbocycles. The van der Waals surface area contributed by atoms with Crippen molar-refractivity contribution in [2.24, 2.45) is 23.7 Å². The molecule has 0 unspecified atom stereocenters. The van der Waals surface area contributed by atoms with Crippen LogP contribution in [0.15, 0.2) is 48.5 Å². The van der Waals surface area contributed by atoms with E-state index in [-0.39, 0.29) is 0 Å². The van der Waals surface area contributed by atoms with Crippen LogP contribution < -0.4 is 10.1 Å². The summed E-state index contributed by atoms with van der Waals surface area (Å²) >= 11 is 0. The first-order valence-corrected chi connectivity index (χ1v) is 10.7. The molecule has 0 heterocycles. The van der Waals surface area contributed by atoms with Crippen molar-refractivity contribution >= 4 is 0 Å². The molecule has 4 bridgehead atoms. The van der Waals surface area contributed by atoms with Gasteiger partial charge < -0.3 is 10.1 Å². The summed E-state index contributed by atoms with van der Waals surface area (Å²) in [5, 5.41) is 3.92. The molecule has 27 heavy (non-hydrogen) atoms. The van der Waals surface area contributed by atoms with Gasteiger partial charge in [0.1, 0.15) is 12.4 Å². The zero-order chi connectivity index (χ0) is 18.2. The number of nitrogens with one attached hydrogen (secondary N) is 1. The molecule has 1 N–H and O–H groups in total. The fourth-order valence-corrected chi connectivity index (χ4v) is 6.13. The molecule has 2 nitrogen and oxygen atoms in total. The Hall–Kier alpha value is -1.80. The van der Waals surface area contributed by atoms with E-state index in [0.29, 0.717) is 6.61 Å². The molecule has 2 aromatic carbocycles. The van der Waals surface area contributed by atoms with E-state index in [1.165, 1.54) is 48.8 Å². The standard InChI is InChI=1S/C25H31NO/c1-17-4-2-3-5-21(17)16-27-24-8-6-18(7-9-24)15-26-25-22-11-19-10-20(13-22)14-23(25)12-19/h2-9,19-20,22-23,25-26H,10-16H2,1H3. The maximum atomic E-state index is 5.98. The third kappa shape index (κ3) is 3.65. The van der Waals surface area contributed by atoms with E-state index in [4.69, 9.17) is 4.74 Å². The highest BCUT2D eigenvalue weighted by Crippen LogP contribution is 2.53. The summed E-state index contributed by atoms with van der Waals surface area (Å²) in [6.07, 6.45) is 7.46. The van der Waals surface area contributed by atoms with Gasteiger partial charge in [0.2, 0.25) is 0 Å². The van der Waals surface area contributed by atoms with Crippen molar-refractivity contribution in [2.45, 2.75) is 58.2 Å². The van der Waals surface area contributed by atoms with E-state index < -0.39 is 0 Å². The van der Waals surface area contributed by atoms with E-state index in [2.05, 4.69) is 60.8 Å². The first-order chi connectivity index (χ1) is 13.2.